The van der Waals surface area contributed by atoms with Crippen LogP contribution in [0.5, 0.6) is 5.75 Å². The predicted octanol–water partition coefficient (Wildman–Crippen LogP) is 4.04. The summed E-state index contributed by atoms with van der Waals surface area (Å²) < 4.78 is 11.0. The second-order valence-electron chi connectivity index (χ2n) is 7.07. The van der Waals surface area contributed by atoms with Crippen LogP contribution in [0.1, 0.15) is 49.7 Å². The number of nitrogens with one attached hydrogen (secondary N) is 1. The number of ether oxygens (including phenoxy) is 2. The van der Waals surface area contributed by atoms with Crippen LogP contribution >= 0.6 is 0 Å². The van der Waals surface area contributed by atoms with Gasteiger partial charge in [0.2, 0.25) is 0 Å². The Labute approximate surface area is 163 Å². The summed E-state index contributed by atoms with van der Waals surface area (Å²) in [4.78, 5) is 31.4. The summed E-state index contributed by atoms with van der Waals surface area (Å²) in [5, 5.41) is 0.494. The molecule has 0 bridgehead atoms. The van der Waals surface area contributed by atoms with E-state index < -0.39 is 12.1 Å². The Balaban J connectivity index is 1.67. The molecule has 0 radical (unpaired) electrons. The lowest BCUT2D eigenvalue weighted by atomic mass is 10.0. The molecule has 0 spiro atoms. The molecule has 3 aromatic rings. The molecule has 0 saturated heterocycles. The molecule has 0 unspecified atom stereocenters. The van der Waals surface area contributed by atoms with Crippen molar-refractivity contribution in [3.63, 3.8) is 0 Å². The molecule has 146 valence electrons. The maximum Gasteiger partial charge on any atom is 0.344 e. The molecule has 3 rings (SSSR count). The predicted molar refractivity (Wildman–Crippen MR) is 108 cm³/mol. The van der Waals surface area contributed by atoms with Crippen LogP contribution < -0.4 is 10.3 Å². The number of H-pyrrole nitrogens is 1. The van der Waals surface area contributed by atoms with Gasteiger partial charge in [0.05, 0.1) is 10.9 Å². The lowest BCUT2D eigenvalue weighted by Crippen LogP contribution is -2.20. The third-order valence-electron chi connectivity index (χ3n) is 4.55. The van der Waals surface area contributed by atoms with Crippen LogP contribution in [0.2, 0.25) is 0 Å². The largest absolute Gasteiger partial charge is 0.482 e. The number of hydrogen-bond acceptors (Lipinski definition) is 5. The van der Waals surface area contributed by atoms with Gasteiger partial charge in [-0.25, -0.2) is 9.78 Å². The molecule has 1 heterocycles. The third-order valence-corrected chi connectivity index (χ3v) is 4.55. The molecule has 0 saturated carbocycles. The number of fused-ring (bicyclic) bond motifs is 1. The summed E-state index contributed by atoms with van der Waals surface area (Å²) >= 11 is 0. The molecular weight excluding hydrogens is 356 g/mol. The van der Waals surface area contributed by atoms with Gasteiger partial charge in [0.15, 0.2) is 18.5 Å². The number of aromatic nitrogens is 2. The first kappa shape index (κ1) is 19.6. The number of nitrogens with zero attached hydrogens (tertiary/aromatic N) is 1. The number of benzene rings is 2. The molecule has 1 aromatic heterocycles. The lowest BCUT2D eigenvalue weighted by Gasteiger charge is -2.15. The van der Waals surface area contributed by atoms with Crippen molar-refractivity contribution in [1.29, 1.82) is 0 Å². The first-order chi connectivity index (χ1) is 13.3. The van der Waals surface area contributed by atoms with E-state index >= 15 is 0 Å². The minimum absolute atomic E-state index is 0.218. The molecule has 0 amide bonds. The van der Waals surface area contributed by atoms with Crippen LogP contribution in [-0.4, -0.2) is 22.5 Å². The van der Waals surface area contributed by atoms with E-state index in [9.17, 15) is 9.59 Å². The molecule has 28 heavy (non-hydrogen) atoms. The molecule has 1 atom stereocenters. The van der Waals surface area contributed by atoms with Gasteiger partial charge in [-0.3, -0.25) is 4.79 Å². The van der Waals surface area contributed by atoms with Gasteiger partial charge in [-0.15, -0.1) is 0 Å². The maximum atomic E-state index is 12.2. The summed E-state index contributed by atoms with van der Waals surface area (Å²) in [6, 6.07) is 13.0. The minimum Gasteiger partial charge on any atom is -0.482 e. The zero-order valence-corrected chi connectivity index (χ0v) is 16.5. The smallest absolute Gasteiger partial charge is 0.344 e. The number of rotatable bonds is 6. The third kappa shape index (κ3) is 4.39. The highest BCUT2D eigenvalue weighted by atomic mass is 16.6. The molecule has 0 fully saturated rings. The molecule has 6 nitrogen and oxygen atoms in total. The molecule has 6 heteroatoms. The number of hydrogen-bond donors (Lipinski definition) is 1. The molecule has 1 N–H and O–H groups in total. The van der Waals surface area contributed by atoms with Crippen LogP contribution in [0.3, 0.4) is 0 Å². The van der Waals surface area contributed by atoms with Crippen molar-refractivity contribution in [3.8, 4) is 5.75 Å². The minimum atomic E-state index is -0.698. The summed E-state index contributed by atoms with van der Waals surface area (Å²) in [5.74, 6) is 0.798. The van der Waals surface area contributed by atoms with Crippen molar-refractivity contribution < 1.29 is 14.3 Å². The fourth-order valence-corrected chi connectivity index (χ4v) is 2.85. The number of esters is 1. The summed E-state index contributed by atoms with van der Waals surface area (Å²) in [6.45, 7) is 7.57. The first-order valence-corrected chi connectivity index (χ1v) is 9.27. The number of carbonyl (C=O) groups is 1. The van der Waals surface area contributed by atoms with E-state index in [-0.39, 0.29) is 12.2 Å². The summed E-state index contributed by atoms with van der Waals surface area (Å²) in [7, 11) is 0. The average Bonchev–Trinajstić information content (AvgIpc) is 2.67. The zero-order chi connectivity index (χ0) is 20.3. The van der Waals surface area contributed by atoms with E-state index in [1.807, 2.05) is 19.1 Å². The van der Waals surface area contributed by atoms with Crippen LogP contribution in [0, 0.1) is 6.92 Å². The number of aromatic amines is 1. The average molecular weight is 380 g/mol. The first-order valence-electron chi connectivity index (χ1n) is 9.27. The molecule has 2 aromatic carbocycles. The van der Waals surface area contributed by atoms with Gasteiger partial charge in [0.25, 0.3) is 5.56 Å². The van der Waals surface area contributed by atoms with Crippen molar-refractivity contribution in [1.82, 2.24) is 9.97 Å². The van der Waals surface area contributed by atoms with Crippen molar-refractivity contribution in [2.24, 2.45) is 0 Å². The molecule has 0 aliphatic heterocycles. The lowest BCUT2D eigenvalue weighted by molar-refractivity contribution is -0.151. The number of aryl methyl sites for hydroxylation is 1. The molecule has 0 aliphatic carbocycles. The van der Waals surface area contributed by atoms with Crippen LogP contribution in [0.4, 0.5) is 0 Å². The number of carbonyl (C=O) groups excluding carboxylic acids is 1. The second-order valence-corrected chi connectivity index (χ2v) is 7.07. The Morgan fingerprint density at radius 2 is 1.89 bits per heavy atom. The van der Waals surface area contributed by atoms with Crippen molar-refractivity contribution in [2.75, 3.05) is 6.61 Å². The topological polar surface area (TPSA) is 81.3 Å². The molecular formula is C22H24N2O4. The van der Waals surface area contributed by atoms with Gasteiger partial charge < -0.3 is 14.5 Å². The van der Waals surface area contributed by atoms with Gasteiger partial charge in [0.1, 0.15) is 5.75 Å². The van der Waals surface area contributed by atoms with Gasteiger partial charge >= 0.3 is 5.97 Å². The SMILES string of the molecule is Cc1ccc(C(C)C)cc1OCC(=O)O[C@H](C)c1nc2ccccc2c(=O)[nH]1. The van der Waals surface area contributed by atoms with Gasteiger partial charge in [0, 0.05) is 0 Å². The zero-order valence-electron chi connectivity index (χ0n) is 16.5. The summed E-state index contributed by atoms with van der Waals surface area (Å²) in [6.07, 6.45) is -0.698. The van der Waals surface area contributed by atoms with Gasteiger partial charge in [-0.1, -0.05) is 38.1 Å². The van der Waals surface area contributed by atoms with E-state index in [0.29, 0.717) is 28.4 Å². The normalized spacial score (nSPS) is 12.2. The Morgan fingerprint density at radius 3 is 2.64 bits per heavy atom. The van der Waals surface area contributed by atoms with E-state index in [0.717, 1.165) is 11.1 Å². The fraction of sp³-hybridized carbons (Fsp3) is 0.318. The second kappa shape index (κ2) is 8.25. The van der Waals surface area contributed by atoms with E-state index in [4.69, 9.17) is 9.47 Å². The summed E-state index contributed by atoms with van der Waals surface area (Å²) in [5.41, 5.74) is 2.38. The highest BCUT2D eigenvalue weighted by molar-refractivity contribution is 5.77. The molecule has 0 aliphatic rings. The monoisotopic (exact) mass is 380 g/mol. The number of para-hydroxylation sites is 1. The van der Waals surface area contributed by atoms with Crippen LogP contribution in [0.25, 0.3) is 10.9 Å². The highest BCUT2D eigenvalue weighted by Gasteiger charge is 2.16. The van der Waals surface area contributed by atoms with Crippen molar-refractivity contribution >= 4 is 16.9 Å². The fourth-order valence-electron chi connectivity index (χ4n) is 2.85. The highest BCUT2D eigenvalue weighted by Crippen LogP contribution is 2.24. The Morgan fingerprint density at radius 1 is 1.14 bits per heavy atom. The Bertz CT molecular complexity index is 1060. The Hall–Kier alpha value is -3.15. The van der Waals surface area contributed by atoms with Crippen LogP contribution in [-0.2, 0) is 9.53 Å². The standard InChI is InChI=1S/C22H24N2O4/c1-13(2)16-10-9-14(3)19(11-16)27-12-20(25)28-15(4)21-23-18-8-6-5-7-17(18)22(26)24-21/h5-11,13,15H,12H2,1-4H3,(H,23,24,26)/t15-/m1/s1. The van der Waals surface area contributed by atoms with Crippen LogP contribution in [0.15, 0.2) is 47.3 Å². The Kier molecular flexibility index (Phi) is 5.78. The van der Waals surface area contributed by atoms with Gasteiger partial charge in [-0.2, -0.15) is 0 Å². The van der Waals surface area contributed by atoms with E-state index in [2.05, 4.69) is 29.9 Å². The van der Waals surface area contributed by atoms with E-state index in [1.54, 1.807) is 31.2 Å². The maximum absolute atomic E-state index is 12.2. The van der Waals surface area contributed by atoms with Crippen molar-refractivity contribution in [2.45, 2.75) is 39.7 Å². The quantitative estimate of drug-likeness (QED) is 0.653. The van der Waals surface area contributed by atoms with Crippen molar-refractivity contribution in [3.05, 3.63) is 69.8 Å². The van der Waals surface area contributed by atoms with E-state index in [1.165, 1.54) is 0 Å². The van der Waals surface area contributed by atoms with Gasteiger partial charge in [-0.05, 0) is 49.1 Å².